The van der Waals surface area contributed by atoms with Gasteiger partial charge in [0.2, 0.25) is 5.82 Å². The molecule has 1 aliphatic carbocycles. The molecule has 3 aliphatic rings. The van der Waals surface area contributed by atoms with Crippen molar-refractivity contribution in [2.75, 3.05) is 26.3 Å². The molecule has 0 radical (unpaired) electrons. The molecule has 0 unspecified atom stereocenters. The molecule has 2 saturated heterocycles. The molecule has 3 fully saturated rings. The van der Waals surface area contributed by atoms with E-state index in [0.29, 0.717) is 23.7 Å². The van der Waals surface area contributed by atoms with Crippen LogP contribution in [0.15, 0.2) is 4.79 Å². The van der Waals surface area contributed by atoms with Crippen molar-refractivity contribution in [2.24, 2.45) is 30.7 Å². The SMILES string of the molecule is Cn1nc(C(=O)N2C[C@@H]3C[C@@H]4COC[C@@H]4[C@@H]3C2)[nH]c1=O. The van der Waals surface area contributed by atoms with E-state index in [1.807, 2.05) is 4.90 Å². The van der Waals surface area contributed by atoms with Crippen molar-refractivity contribution in [2.45, 2.75) is 6.42 Å². The zero-order valence-corrected chi connectivity index (χ0v) is 11.4. The lowest BCUT2D eigenvalue weighted by atomic mass is 9.91. The van der Waals surface area contributed by atoms with Crippen LogP contribution in [0.4, 0.5) is 0 Å². The minimum absolute atomic E-state index is 0.150. The van der Waals surface area contributed by atoms with Crippen LogP contribution in [0.5, 0.6) is 0 Å². The third-order valence-corrected chi connectivity index (χ3v) is 5.15. The Morgan fingerprint density at radius 1 is 1.30 bits per heavy atom. The molecule has 1 saturated carbocycles. The Hall–Kier alpha value is -1.63. The van der Waals surface area contributed by atoms with Gasteiger partial charge in [-0.15, -0.1) is 5.10 Å². The normalized spacial score (nSPS) is 35.4. The summed E-state index contributed by atoms with van der Waals surface area (Å²) < 4.78 is 6.71. The Kier molecular flexibility index (Phi) is 2.54. The highest BCUT2D eigenvalue weighted by Gasteiger charge is 2.51. The summed E-state index contributed by atoms with van der Waals surface area (Å²) in [5, 5.41) is 3.95. The van der Waals surface area contributed by atoms with Crippen molar-refractivity contribution in [1.29, 1.82) is 0 Å². The van der Waals surface area contributed by atoms with Gasteiger partial charge in [-0.2, -0.15) is 0 Å². The van der Waals surface area contributed by atoms with E-state index in [4.69, 9.17) is 4.74 Å². The van der Waals surface area contributed by atoms with Crippen LogP contribution in [0.25, 0.3) is 0 Å². The topological polar surface area (TPSA) is 80.2 Å². The number of hydrogen-bond acceptors (Lipinski definition) is 4. The summed E-state index contributed by atoms with van der Waals surface area (Å²) in [7, 11) is 1.54. The van der Waals surface area contributed by atoms with E-state index >= 15 is 0 Å². The lowest BCUT2D eigenvalue weighted by Gasteiger charge is -2.18. The Labute approximate surface area is 115 Å². The third kappa shape index (κ3) is 1.65. The fourth-order valence-corrected chi connectivity index (χ4v) is 4.17. The number of amides is 1. The fourth-order valence-electron chi connectivity index (χ4n) is 4.17. The van der Waals surface area contributed by atoms with E-state index in [2.05, 4.69) is 10.1 Å². The lowest BCUT2D eigenvalue weighted by Crippen LogP contribution is -2.32. The Bertz CT molecular complexity index is 607. The van der Waals surface area contributed by atoms with E-state index in [0.717, 1.165) is 37.4 Å². The van der Waals surface area contributed by atoms with Crippen molar-refractivity contribution in [1.82, 2.24) is 19.7 Å². The van der Waals surface area contributed by atoms with Crippen molar-refractivity contribution < 1.29 is 9.53 Å². The Morgan fingerprint density at radius 2 is 2.15 bits per heavy atom. The number of fused-ring (bicyclic) bond motifs is 3. The van der Waals surface area contributed by atoms with Gasteiger partial charge in [0.25, 0.3) is 5.91 Å². The summed E-state index contributed by atoms with van der Waals surface area (Å²) >= 11 is 0. The molecular weight excluding hydrogens is 260 g/mol. The number of hydrogen-bond donors (Lipinski definition) is 1. The number of aromatic nitrogens is 3. The Balaban J connectivity index is 1.51. The largest absolute Gasteiger partial charge is 0.381 e. The first-order chi connectivity index (χ1) is 9.63. The highest BCUT2D eigenvalue weighted by Crippen LogP contribution is 2.48. The second kappa shape index (κ2) is 4.18. The molecule has 1 N–H and O–H groups in total. The Morgan fingerprint density at radius 3 is 2.90 bits per heavy atom. The first kappa shape index (κ1) is 12.1. The summed E-state index contributed by atoms with van der Waals surface area (Å²) in [6.45, 7) is 3.29. The summed E-state index contributed by atoms with van der Waals surface area (Å²) in [5.74, 6) is 2.44. The van der Waals surface area contributed by atoms with E-state index in [1.54, 1.807) is 0 Å². The molecule has 1 aromatic heterocycles. The molecule has 20 heavy (non-hydrogen) atoms. The molecule has 1 aromatic rings. The maximum Gasteiger partial charge on any atom is 0.343 e. The first-order valence-electron chi connectivity index (χ1n) is 7.14. The number of carbonyl (C=O) groups excluding carboxylic acids is 1. The number of nitrogens with one attached hydrogen (secondary N) is 1. The molecule has 0 aromatic carbocycles. The van der Waals surface area contributed by atoms with Gasteiger partial charge < -0.3 is 9.64 Å². The number of ether oxygens (including phenoxy) is 1. The molecular formula is C13H18N4O3. The molecule has 4 rings (SSSR count). The summed E-state index contributed by atoms with van der Waals surface area (Å²) in [6.07, 6.45) is 1.16. The summed E-state index contributed by atoms with van der Waals surface area (Å²) in [6, 6.07) is 0. The number of nitrogens with zero attached hydrogens (tertiary/aromatic N) is 3. The predicted octanol–water partition coefficient (Wildman–Crippen LogP) is -0.537. The number of likely N-dealkylation sites (tertiary alicyclic amines) is 1. The van der Waals surface area contributed by atoms with Gasteiger partial charge >= 0.3 is 5.69 Å². The van der Waals surface area contributed by atoms with Crippen LogP contribution >= 0.6 is 0 Å². The van der Waals surface area contributed by atoms with Crippen molar-refractivity contribution >= 4 is 5.91 Å². The van der Waals surface area contributed by atoms with E-state index in [-0.39, 0.29) is 17.4 Å². The molecule has 1 amide bonds. The molecule has 7 heteroatoms. The second-order valence-electron chi connectivity index (χ2n) is 6.23. The highest BCUT2D eigenvalue weighted by atomic mass is 16.5. The summed E-state index contributed by atoms with van der Waals surface area (Å²) in [5.41, 5.74) is -0.350. The molecule has 0 bridgehead atoms. The van der Waals surface area contributed by atoms with Crippen LogP contribution in [0, 0.1) is 23.7 Å². The molecule has 3 heterocycles. The van der Waals surface area contributed by atoms with Gasteiger partial charge in [-0.3, -0.25) is 9.78 Å². The summed E-state index contributed by atoms with van der Waals surface area (Å²) in [4.78, 5) is 28.1. The molecule has 7 nitrogen and oxygen atoms in total. The number of H-pyrrole nitrogens is 1. The first-order valence-corrected chi connectivity index (χ1v) is 7.14. The second-order valence-corrected chi connectivity index (χ2v) is 6.23. The van der Waals surface area contributed by atoms with Crippen LogP contribution in [0.3, 0.4) is 0 Å². The quantitative estimate of drug-likeness (QED) is 0.748. The van der Waals surface area contributed by atoms with Gasteiger partial charge in [-0.25, -0.2) is 9.48 Å². The van der Waals surface area contributed by atoms with Gasteiger partial charge in [0.15, 0.2) is 0 Å². The number of aryl methyl sites for hydroxylation is 1. The average Bonchev–Trinajstić information content (AvgIpc) is 3.11. The van der Waals surface area contributed by atoms with E-state index in [9.17, 15) is 9.59 Å². The minimum atomic E-state index is -0.350. The lowest BCUT2D eigenvalue weighted by molar-refractivity contribution is 0.0761. The molecule has 108 valence electrons. The van der Waals surface area contributed by atoms with Crippen LogP contribution < -0.4 is 5.69 Å². The van der Waals surface area contributed by atoms with Crippen molar-refractivity contribution in [3.8, 4) is 0 Å². The molecule has 2 aliphatic heterocycles. The number of carbonyl (C=O) groups is 1. The average molecular weight is 278 g/mol. The van der Waals surface area contributed by atoms with Crippen LogP contribution in [-0.4, -0.2) is 51.9 Å². The standard InChI is InChI=1S/C13H18N4O3/c1-16-13(19)14-11(15-16)12(18)17-3-7-2-8-5-20-6-10(8)9(7)4-17/h7-10H,2-6H2,1H3,(H,14,15,19)/t7-,8+,9+,10-/m0/s1. The number of rotatable bonds is 1. The zero-order valence-electron chi connectivity index (χ0n) is 11.4. The predicted molar refractivity (Wildman–Crippen MR) is 69.1 cm³/mol. The fraction of sp³-hybridized carbons (Fsp3) is 0.769. The van der Waals surface area contributed by atoms with Gasteiger partial charge in [0, 0.05) is 26.7 Å². The van der Waals surface area contributed by atoms with Crippen LogP contribution in [0.2, 0.25) is 0 Å². The molecule has 0 spiro atoms. The van der Waals surface area contributed by atoms with E-state index < -0.39 is 0 Å². The van der Waals surface area contributed by atoms with Crippen molar-refractivity contribution in [3.63, 3.8) is 0 Å². The third-order valence-electron chi connectivity index (χ3n) is 5.15. The minimum Gasteiger partial charge on any atom is -0.381 e. The van der Waals surface area contributed by atoms with Gasteiger partial charge in [0.05, 0.1) is 6.61 Å². The van der Waals surface area contributed by atoms with Gasteiger partial charge in [0.1, 0.15) is 0 Å². The van der Waals surface area contributed by atoms with E-state index in [1.165, 1.54) is 7.05 Å². The zero-order chi connectivity index (χ0) is 13.9. The maximum atomic E-state index is 12.4. The van der Waals surface area contributed by atoms with Crippen LogP contribution in [-0.2, 0) is 11.8 Å². The smallest absolute Gasteiger partial charge is 0.343 e. The monoisotopic (exact) mass is 278 g/mol. The number of aromatic amines is 1. The van der Waals surface area contributed by atoms with Gasteiger partial charge in [-0.1, -0.05) is 0 Å². The highest BCUT2D eigenvalue weighted by molar-refractivity contribution is 5.90. The maximum absolute atomic E-state index is 12.4. The van der Waals surface area contributed by atoms with Gasteiger partial charge in [-0.05, 0) is 30.1 Å². The molecule has 4 atom stereocenters. The van der Waals surface area contributed by atoms with Crippen LogP contribution in [0.1, 0.15) is 17.0 Å². The van der Waals surface area contributed by atoms with Crippen molar-refractivity contribution in [3.05, 3.63) is 16.3 Å².